The Morgan fingerprint density at radius 2 is 2.22 bits per heavy atom. The third-order valence-electron chi connectivity index (χ3n) is 3.02. The van der Waals surface area contributed by atoms with Crippen LogP contribution in [0.2, 0.25) is 0 Å². The maximum absolute atomic E-state index is 6.31. The zero-order chi connectivity index (χ0) is 13.1. The van der Waals surface area contributed by atoms with Gasteiger partial charge in [0.2, 0.25) is 0 Å². The van der Waals surface area contributed by atoms with E-state index in [9.17, 15) is 0 Å². The summed E-state index contributed by atoms with van der Waals surface area (Å²) in [5.41, 5.74) is 9.91. The Labute approximate surface area is 116 Å². The third kappa shape index (κ3) is 2.82. The molecule has 1 heterocycles. The summed E-state index contributed by atoms with van der Waals surface area (Å²) in [6.45, 7) is 5.01. The van der Waals surface area contributed by atoms with Gasteiger partial charge in [0, 0.05) is 6.54 Å². The highest BCUT2D eigenvalue weighted by Crippen LogP contribution is 2.24. The molecule has 0 aliphatic heterocycles. The van der Waals surface area contributed by atoms with Gasteiger partial charge in [-0.2, -0.15) is 5.10 Å². The number of halogens is 1. The molecule has 1 aromatic heterocycles. The van der Waals surface area contributed by atoms with Crippen LogP contribution in [0.15, 0.2) is 34.9 Å². The van der Waals surface area contributed by atoms with E-state index in [0.717, 1.165) is 23.1 Å². The van der Waals surface area contributed by atoms with Crippen LogP contribution in [0.3, 0.4) is 0 Å². The molecule has 0 spiro atoms. The van der Waals surface area contributed by atoms with Gasteiger partial charge in [0.25, 0.3) is 0 Å². The van der Waals surface area contributed by atoms with Gasteiger partial charge in [-0.15, -0.1) is 0 Å². The monoisotopic (exact) mass is 307 g/mol. The zero-order valence-corrected chi connectivity index (χ0v) is 12.3. The number of nitrogens with two attached hydrogens (primary N) is 1. The molecule has 1 atom stereocenters. The van der Waals surface area contributed by atoms with Crippen LogP contribution in [-0.4, -0.2) is 9.78 Å². The number of hydrogen-bond donors (Lipinski definition) is 1. The van der Waals surface area contributed by atoms with Crippen molar-refractivity contribution in [3.05, 3.63) is 51.8 Å². The van der Waals surface area contributed by atoms with E-state index < -0.39 is 0 Å². The predicted octanol–water partition coefficient (Wildman–Crippen LogP) is 3.22. The molecule has 0 radical (unpaired) electrons. The van der Waals surface area contributed by atoms with Crippen LogP contribution in [0.1, 0.15) is 29.8 Å². The largest absolute Gasteiger partial charge is 0.322 e. The van der Waals surface area contributed by atoms with Crippen LogP contribution in [-0.2, 0) is 13.0 Å². The fourth-order valence-corrected chi connectivity index (χ4v) is 2.77. The van der Waals surface area contributed by atoms with Crippen LogP contribution in [0, 0.1) is 6.92 Å². The minimum absolute atomic E-state index is 0.0383. The van der Waals surface area contributed by atoms with Crippen molar-refractivity contribution in [2.75, 3.05) is 0 Å². The lowest BCUT2D eigenvalue weighted by molar-refractivity contribution is 0.567. The Morgan fingerprint density at radius 1 is 1.44 bits per heavy atom. The predicted molar refractivity (Wildman–Crippen MR) is 77.4 cm³/mol. The summed E-state index contributed by atoms with van der Waals surface area (Å²) < 4.78 is 2.94. The van der Waals surface area contributed by atoms with Crippen LogP contribution in [0.25, 0.3) is 0 Å². The quantitative estimate of drug-likeness (QED) is 0.942. The molecular formula is C14H18BrN3. The van der Waals surface area contributed by atoms with E-state index in [0.29, 0.717) is 0 Å². The molecule has 2 aromatic rings. The van der Waals surface area contributed by atoms with E-state index >= 15 is 0 Å². The number of benzene rings is 1. The topological polar surface area (TPSA) is 43.8 Å². The Bertz CT molecular complexity index is 534. The Morgan fingerprint density at radius 3 is 2.89 bits per heavy atom. The highest BCUT2D eigenvalue weighted by molar-refractivity contribution is 9.10. The molecule has 1 aromatic carbocycles. The standard InChI is InChI=1S/C14H18BrN3/c1-3-18-14(12(15)9-17-18)13(16)8-11-6-4-5-10(2)7-11/h4-7,9,13H,3,8,16H2,1-2H3. The summed E-state index contributed by atoms with van der Waals surface area (Å²) in [7, 11) is 0. The van der Waals surface area contributed by atoms with Crippen molar-refractivity contribution < 1.29 is 0 Å². The minimum Gasteiger partial charge on any atom is -0.322 e. The molecule has 0 saturated heterocycles. The molecule has 4 heteroatoms. The zero-order valence-electron chi connectivity index (χ0n) is 10.7. The van der Waals surface area contributed by atoms with Gasteiger partial charge < -0.3 is 5.73 Å². The smallest absolute Gasteiger partial charge is 0.0696 e. The van der Waals surface area contributed by atoms with Crippen molar-refractivity contribution in [1.29, 1.82) is 0 Å². The van der Waals surface area contributed by atoms with Crippen molar-refractivity contribution >= 4 is 15.9 Å². The molecular weight excluding hydrogens is 290 g/mol. The van der Waals surface area contributed by atoms with Crippen molar-refractivity contribution in [2.24, 2.45) is 5.73 Å². The first kappa shape index (κ1) is 13.3. The van der Waals surface area contributed by atoms with Gasteiger partial charge in [-0.1, -0.05) is 29.8 Å². The van der Waals surface area contributed by atoms with Gasteiger partial charge in [-0.05, 0) is 41.8 Å². The molecule has 2 N–H and O–H groups in total. The van der Waals surface area contributed by atoms with E-state index in [1.807, 2.05) is 10.9 Å². The second-order valence-electron chi connectivity index (χ2n) is 4.49. The highest BCUT2D eigenvalue weighted by atomic mass is 79.9. The maximum atomic E-state index is 6.31. The first-order chi connectivity index (χ1) is 8.61. The van der Waals surface area contributed by atoms with E-state index in [2.05, 4.69) is 59.1 Å². The van der Waals surface area contributed by atoms with Crippen LogP contribution in [0.4, 0.5) is 0 Å². The van der Waals surface area contributed by atoms with E-state index in [4.69, 9.17) is 5.73 Å². The Hall–Kier alpha value is -1.13. The average molecular weight is 308 g/mol. The van der Waals surface area contributed by atoms with Crippen molar-refractivity contribution in [3.8, 4) is 0 Å². The van der Waals surface area contributed by atoms with Crippen LogP contribution >= 0.6 is 15.9 Å². The lowest BCUT2D eigenvalue weighted by atomic mass is 10.0. The molecule has 1 unspecified atom stereocenters. The minimum atomic E-state index is -0.0383. The van der Waals surface area contributed by atoms with E-state index in [-0.39, 0.29) is 6.04 Å². The SMILES string of the molecule is CCn1ncc(Br)c1C(N)Cc1cccc(C)c1. The summed E-state index contributed by atoms with van der Waals surface area (Å²) in [4.78, 5) is 0. The molecule has 96 valence electrons. The van der Waals surface area contributed by atoms with Crippen molar-refractivity contribution in [3.63, 3.8) is 0 Å². The van der Waals surface area contributed by atoms with Crippen molar-refractivity contribution in [2.45, 2.75) is 32.9 Å². The van der Waals surface area contributed by atoms with E-state index in [1.54, 1.807) is 0 Å². The van der Waals surface area contributed by atoms with Gasteiger partial charge in [-0.3, -0.25) is 4.68 Å². The molecule has 18 heavy (non-hydrogen) atoms. The lowest BCUT2D eigenvalue weighted by Gasteiger charge is -2.14. The number of hydrogen-bond acceptors (Lipinski definition) is 2. The van der Waals surface area contributed by atoms with Gasteiger partial charge >= 0.3 is 0 Å². The average Bonchev–Trinajstić information content (AvgIpc) is 2.70. The van der Waals surface area contributed by atoms with Gasteiger partial charge in [0.1, 0.15) is 0 Å². The first-order valence-electron chi connectivity index (χ1n) is 6.14. The molecule has 2 rings (SSSR count). The van der Waals surface area contributed by atoms with Gasteiger partial charge in [-0.25, -0.2) is 0 Å². The summed E-state index contributed by atoms with van der Waals surface area (Å²) in [5, 5.41) is 4.30. The van der Waals surface area contributed by atoms with Crippen LogP contribution in [0.5, 0.6) is 0 Å². The third-order valence-corrected chi connectivity index (χ3v) is 3.63. The second kappa shape index (κ2) is 5.67. The molecule has 3 nitrogen and oxygen atoms in total. The lowest BCUT2D eigenvalue weighted by Crippen LogP contribution is -2.18. The Balaban J connectivity index is 2.21. The first-order valence-corrected chi connectivity index (χ1v) is 6.93. The van der Waals surface area contributed by atoms with E-state index in [1.165, 1.54) is 11.1 Å². The normalized spacial score (nSPS) is 12.7. The molecule has 0 bridgehead atoms. The summed E-state index contributed by atoms with van der Waals surface area (Å²) in [6, 6.07) is 8.43. The van der Waals surface area contributed by atoms with Gasteiger partial charge in [0.05, 0.1) is 22.4 Å². The number of rotatable bonds is 4. The summed E-state index contributed by atoms with van der Waals surface area (Å²) in [6.07, 6.45) is 2.64. The molecule has 0 fully saturated rings. The molecule has 0 saturated carbocycles. The fourth-order valence-electron chi connectivity index (χ4n) is 2.18. The molecule has 0 aliphatic rings. The maximum Gasteiger partial charge on any atom is 0.0696 e. The van der Waals surface area contributed by atoms with Gasteiger partial charge in [0.15, 0.2) is 0 Å². The summed E-state index contributed by atoms with van der Waals surface area (Å²) in [5.74, 6) is 0. The Kier molecular flexibility index (Phi) is 4.19. The molecule has 0 amide bonds. The molecule has 0 aliphatic carbocycles. The highest BCUT2D eigenvalue weighted by Gasteiger charge is 2.16. The van der Waals surface area contributed by atoms with Crippen molar-refractivity contribution in [1.82, 2.24) is 9.78 Å². The fraction of sp³-hybridized carbons (Fsp3) is 0.357. The summed E-state index contributed by atoms with van der Waals surface area (Å²) >= 11 is 3.52. The number of aryl methyl sites for hydroxylation is 2. The number of aromatic nitrogens is 2. The van der Waals surface area contributed by atoms with Crippen LogP contribution < -0.4 is 5.73 Å². The second-order valence-corrected chi connectivity index (χ2v) is 5.35. The number of nitrogens with zero attached hydrogens (tertiary/aromatic N) is 2.